The van der Waals surface area contributed by atoms with Crippen molar-refractivity contribution in [1.29, 1.82) is 0 Å². The van der Waals surface area contributed by atoms with Gasteiger partial charge in [0.05, 0.1) is 5.56 Å². The molecule has 0 bridgehead atoms. The van der Waals surface area contributed by atoms with Crippen molar-refractivity contribution in [2.24, 2.45) is 0 Å². The third kappa shape index (κ3) is 2.42. The summed E-state index contributed by atoms with van der Waals surface area (Å²) in [6.45, 7) is 0.600. The summed E-state index contributed by atoms with van der Waals surface area (Å²) in [5.41, 5.74) is -0.353. The van der Waals surface area contributed by atoms with E-state index in [2.05, 4.69) is 5.32 Å². The average Bonchev–Trinajstić information content (AvgIpc) is 2.54. The van der Waals surface area contributed by atoms with Crippen LogP contribution in [-0.4, -0.2) is 28.1 Å². The van der Waals surface area contributed by atoms with Crippen LogP contribution >= 0.6 is 0 Å². The normalized spacial score (nSPS) is 20.0. The number of rotatable bonds is 2. The van der Waals surface area contributed by atoms with E-state index in [-0.39, 0.29) is 17.0 Å². The molecule has 1 atom stereocenters. The Hall–Kier alpha value is -2.11. The van der Waals surface area contributed by atoms with Crippen LogP contribution in [0.1, 0.15) is 35.7 Å². The molecule has 1 aromatic heterocycles. The van der Waals surface area contributed by atoms with E-state index >= 15 is 0 Å². The molecule has 1 aromatic rings. The zero-order valence-electron chi connectivity index (χ0n) is 9.76. The van der Waals surface area contributed by atoms with Gasteiger partial charge in [-0.25, -0.2) is 4.79 Å². The van der Waals surface area contributed by atoms with Gasteiger partial charge in [-0.05, 0) is 25.3 Å². The van der Waals surface area contributed by atoms with Crippen molar-refractivity contribution in [2.45, 2.75) is 25.3 Å². The summed E-state index contributed by atoms with van der Waals surface area (Å²) in [7, 11) is 0. The van der Waals surface area contributed by atoms with Gasteiger partial charge < -0.3 is 15.0 Å². The Morgan fingerprint density at radius 2 is 2.11 bits per heavy atom. The fraction of sp³-hybridized carbons (Fsp3) is 0.417. The molecule has 1 fully saturated rings. The Morgan fingerprint density at radius 3 is 2.83 bits per heavy atom. The first-order chi connectivity index (χ1) is 8.59. The second-order valence-electron chi connectivity index (χ2n) is 4.27. The molecule has 18 heavy (non-hydrogen) atoms. The van der Waals surface area contributed by atoms with Crippen molar-refractivity contribution in [2.75, 3.05) is 6.54 Å². The topological polar surface area (TPSA) is 88.4 Å². The highest BCUT2D eigenvalue weighted by Crippen LogP contribution is 2.16. The molecule has 0 radical (unpaired) electrons. The third-order valence-corrected chi connectivity index (χ3v) is 3.03. The van der Waals surface area contributed by atoms with Gasteiger partial charge in [0.2, 0.25) is 5.91 Å². The summed E-state index contributed by atoms with van der Waals surface area (Å²) in [6, 6.07) is 1.82. The summed E-state index contributed by atoms with van der Waals surface area (Å²) >= 11 is 0. The van der Waals surface area contributed by atoms with Gasteiger partial charge in [-0.3, -0.25) is 9.59 Å². The van der Waals surface area contributed by atoms with E-state index in [1.54, 1.807) is 0 Å². The maximum absolute atomic E-state index is 11.8. The largest absolute Gasteiger partial charge is 0.478 e. The van der Waals surface area contributed by atoms with E-state index in [1.165, 1.54) is 22.9 Å². The average molecular weight is 250 g/mol. The van der Waals surface area contributed by atoms with Crippen LogP contribution in [0, 0.1) is 0 Å². The van der Waals surface area contributed by atoms with Crippen LogP contribution in [0.25, 0.3) is 0 Å². The smallest absolute Gasteiger partial charge is 0.337 e. The van der Waals surface area contributed by atoms with E-state index < -0.39 is 12.0 Å². The van der Waals surface area contributed by atoms with E-state index in [1.807, 2.05) is 0 Å². The number of hydrogen-bond donors (Lipinski definition) is 2. The molecule has 2 rings (SSSR count). The predicted molar refractivity (Wildman–Crippen MR) is 63.6 cm³/mol. The quantitative estimate of drug-likeness (QED) is 0.794. The molecule has 0 aromatic carbocycles. The Labute approximate surface area is 103 Å². The Kier molecular flexibility index (Phi) is 3.45. The number of carboxylic acid groups (broad SMARTS) is 1. The third-order valence-electron chi connectivity index (χ3n) is 3.03. The molecular formula is C12H14N2O4. The van der Waals surface area contributed by atoms with Crippen molar-refractivity contribution in [1.82, 2.24) is 9.88 Å². The lowest BCUT2D eigenvalue weighted by Gasteiger charge is -2.16. The number of aromatic nitrogens is 1. The highest BCUT2D eigenvalue weighted by atomic mass is 16.4. The summed E-state index contributed by atoms with van der Waals surface area (Å²) in [5.74, 6) is -1.34. The molecule has 1 aliphatic rings. The highest BCUT2D eigenvalue weighted by Gasteiger charge is 2.23. The number of carbonyl (C=O) groups excluding carboxylic acids is 1. The monoisotopic (exact) mass is 250 g/mol. The molecule has 2 N–H and O–H groups in total. The zero-order chi connectivity index (χ0) is 13.1. The highest BCUT2D eigenvalue weighted by molar-refractivity contribution is 5.87. The van der Waals surface area contributed by atoms with Crippen LogP contribution in [0.3, 0.4) is 0 Å². The number of carbonyl (C=O) groups is 2. The van der Waals surface area contributed by atoms with Crippen molar-refractivity contribution in [3.63, 3.8) is 0 Å². The first-order valence-electron chi connectivity index (χ1n) is 5.83. The van der Waals surface area contributed by atoms with Crippen LogP contribution in [-0.2, 0) is 4.79 Å². The number of nitrogens with zero attached hydrogens (tertiary/aromatic N) is 1. The number of amides is 1. The molecule has 6 heteroatoms. The maximum atomic E-state index is 11.8. The lowest BCUT2D eigenvalue weighted by Crippen LogP contribution is -2.35. The lowest BCUT2D eigenvalue weighted by molar-refractivity contribution is -0.124. The molecule has 1 saturated heterocycles. The van der Waals surface area contributed by atoms with E-state index in [0.717, 1.165) is 12.8 Å². The molecule has 0 saturated carbocycles. The minimum Gasteiger partial charge on any atom is -0.478 e. The fourth-order valence-corrected chi connectivity index (χ4v) is 2.06. The van der Waals surface area contributed by atoms with Crippen LogP contribution in [0.5, 0.6) is 0 Å². The van der Waals surface area contributed by atoms with E-state index in [9.17, 15) is 14.4 Å². The van der Waals surface area contributed by atoms with Crippen LogP contribution < -0.4 is 10.9 Å². The molecular weight excluding hydrogens is 236 g/mol. The predicted octanol–water partition coefficient (Wildman–Crippen LogP) is 0.388. The number of hydrogen-bond acceptors (Lipinski definition) is 3. The molecule has 1 aliphatic heterocycles. The molecule has 96 valence electrons. The number of nitrogens with one attached hydrogen (secondary N) is 1. The maximum Gasteiger partial charge on any atom is 0.337 e. The van der Waals surface area contributed by atoms with Gasteiger partial charge in [0.25, 0.3) is 5.56 Å². The van der Waals surface area contributed by atoms with Crippen LogP contribution in [0.15, 0.2) is 23.1 Å². The van der Waals surface area contributed by atoms with Gasteiger partial charge in [-0.2, -0.15) is 0 Å². The molecule has 1 amide bonds. The minimum absolute atomic E-state index is 0.00615. The van der Waals surface area contributed by atoms with E-state index in [4.69, 9.17) is 5.11 Å². The molecule has 0 unspecified atom stereocenters. The van der Waals surface area contributed by atoms with Crippen molar-refractivity contribution >= 4 is 11.9 Å². The SMILES string of the molecule is O=C(O)c1ccc(=O)n([C@@H]2CCCCNC2=O)c1. The standard InChI is InChI=1S/C12H14N2O4/c15-10-5-4-8(12(17)18)7-14(10)9-3-1-2-6-13-11(9)16/h4-5,7,9H,1-3,6H2,(H,13,16)(H,17,18)/t9-/m1/s1. The Balaban J connectivity index is 2.41. The summed E-state index contributed by atoms with van der Waals surface area (Å²) in [6.07, 6.45) is 3.48. The first-order valence-corrected chi connectivity index (χ1v) is 5.83. The number of aromatic carboxylic acids is 1. The second kappa shape index (κ2) is 5.03. The Bertz CT molecular complexity index is 535. The van der Waals surface area contributed by atoms with Gasteiger partial charge in [0.1, 0.15) is 6.04 Å². The van der Waals surface area contributed by atoms with Crippen LogP contribution in [0.4, 0.5) is 0 Å². The zero-order valence-corrected chi connectivity index (χ0v) is 9.76. The van der Waals surface area contributed by atoms with Gasteiger partial charge in [-0.15, -0.1) is 0 Å². The van der Waals surface area contributed by atoms with Crippen molar-refractivity contribution < 1.29 is 14.7 Å². The molecule has 0 spiro atoms. The van der Waals surface area contributed by atoms with Gasteiger partial charge >= 0.3 is 5.97 Å². The summed E-state index contributed by atoms with van der Waals surface area (Å²) < 4.78 is 1.21. The van der Waals surface area contributed by atoms with Crippen molar-refractivity contribution in [3.8, 4) is 0 Å². The summed E-state index contributed by atoms with van der Waals surface area (Å²) in [4.78, 5) is 34.5. The fourth-order valence-electron chi connectivity index (χ4n) is 2.06. The van der Waals surface area contributed by atoms with E-state index in [0.29, 0.717) is 13.0 Å². The second-order valence-corrected chi connectivity index (χ2v) is 4.27. The van der Waals surface area contributed by atoms with Gasteiger partial charge in [0, 0.05) is 18.8 Å². The van der Waals surface area contributed by atoms with Gasteiger partial charge in [-0.1, -0.05) is 0 Å². The first kappa shape index (κ1) is 12.3. The minimum atomic E-state index is -1.11. The Morgan fingerprint density at radius 1 is 1.33 bits per heavy atom. The number of carboxylic acids is 1. The molecule has 2 heterocycles. The lowest BCUT2D eigenvalue weighted by atomic mass is 10.1. The molecule has 0 aliphatic carbocycles. The number of pyridine rings is 1. The van der Waals surface area contributed by atoms with Crippen LogP contribution in [0.2, 0.25) is 0 Å². The van der Waals surface area contributed by atoms with Crippen molar-refractivity contribution in [3.05, 3.63) is 34.2 Å². The molecule has 6 nitrogen and oxygen atoms in total. The van der Waals surface area contributed by atoms with Gasteiger partial charge in [0.15, 0.2) is 0 Å². The summed E-state index contributed by atoms with van der Waals surface area (Å²) in [5, 5.41) is 11.6.